The summed E-state index contributed by atoms with van der Waals surface area (Å²) in [5.41, 5.74) is 0.796. The minimum Gasteiger partial charge on any atom is -0.497 e. The van der Waals surface area contributed by atoms with Gasteiger partial charge in [-0.15, -0.1) is 0 Å². The molecule has 3 heteroatoms. The average molecular weight is 193 g/mol. The molecule has 0 heterocycles. The van der Waals surface area contributed by atoms with Gasteiger partial charge in [0.2, 0.25) is 0 Å². The number of hydrogen-bond donors (Lipinski definition) is 0. The van der Waals surface area contributed by atoms with Crippen molar-refractivity contribution in [1.29, 1.82) is 5.26 Å². The van der Waals surface area contributed by atoms with E-state index in [-0.39, 0.29) is 11.5 Å². The van der Waals surface area contributed by atoms with E-state index in [2.05, 4.69) is 0 Å². The molecule has 1 rings (SSSR count). The Bertz CT molecular complexity index is 380. The van der Waals surface area contributed by atoms with Crippen LogP contribution in [0.15, 0.2) is 12.1 Å². The lowest BCUT2D eigenvalue weighted by molar-refractivity contribution is 0.410. The van der Waals surface area contributed by atoms with Gasteiger partial charge in [-0.3, -0.25) is 0 Å². The van der Waals surface area contributed by atoms with Crippen LogP contribution in [-0.4, -0.2) is 7.11 Å². The molecule has 2 nitrogen and oxygen atoms in total. The summed E-state index contributed by atoms with van der Waals surface area (Å²) in [7, 11) is 1.48. The normalized spacial score (nSPS) is 10.0. The summed E-state index contributed by atoms with van der Waals surface area (Å²) in [4.78, 5) is 0. The van der Waals surface area contributed by atoms with E-state index in [1.54, 1.807) is 6.07 Å². The molecule has 0 bridgehead atoms. The maximum atomic E-state index is 13.4. The van der Waals surface area contributed by atoms with Crippen molar-refractivity contribution in [2.75, 3.05) is 7.11 Å². The summed E-state index contributed by atoms with van der Waals surface area (Å²) >= 11 is 0. The molecule has 0 N–H and O–H groups in total. The predicted octanol–water partition coefficient (Wildman–Crippen LogP) is 2.83. The van der Waals surface area contributed by atoms with Crippen LogP contribution in [0.1, 0.15) is 30.9 Å². The minimum atomic E-state index is -0.518. The molecule has 0 radical (unpaired) electrons. The molecule has 0 unspecified atom stereocenters. The molecule has 0 aliphatic heterocycles. The van der Waals surface area contributed by atoms with Crippen molar-refractivity contribution >= 4 is 0 Å². The molecule has 1 aromatic rings. The summed E-state index contributed by atoms with van der Waals surface area (Å²) in [6, 6.07) is 4.79. The number of nitrogens with zero attached hydrogens (tertiary/aromatic N) is 1. The Morgan fingerprint density at radius 2 is 2.07 bits per heavy atom. The van der Waals surface area contributed by atoms with Crippen LogP contribution in [-0.2, 0) is 0 Å². The maximum absolute atomic E-state index is 13.4. The van der Waals surface area contributed by atoms with Crippen molar-refractivity contribution in [1.82, 2.24) is 0 Å². The van der Waals surface area contributed by atoms with E-state index in [9.17, 15) is 4.39 Å². The first-order valence-corrected chi connectivity index (χ1v) is 4.37. The summed E-state index contributed by atoms with van der Waals surface area (Å²) in [6.45, 7) is 3.82. The van der Waals surface area contributed by atoms with Gasteiger partial charge in [0, 0.05) is 6.07 Å². The zero-order valence-corrected chi connectivity index (χ0v) is 8.47. The molecular weight excluding hydrogens is 181 g/mol. The fourth-order valence-corrected chi connectivity index (χ4v) is 1.29. The fourth-order valence-electron chi connectivity index (χ4n) is 1.29. The molecule has 74 valence electrons. The topological polar surface area (TPSA) is 33.0 Å². The molecule has 0 atom stereocenters. The number of rotatable bonds is 2. The molecule has 0 aliphatic carbocycles. The minimum absolute atomic E-state index is 0.106. The molecule has 0 saturated heterocycles. The van der Waals surface area contributed by atoms with Gasteiger partial charge >= 0.3 is 0 Å². The van der Waals surface area contributed by atoms with Crippen molar-refractivity contribution in [2.24, 2.45) is 0 Å². The molecule has 0 aromatic heterocycles. The van der Waals surface area contributed by atoms with Gasteiger partial charge in [-0.25, -0.2) is 4.39 Å². The molecule has 0 spiro atoms. The summed E-state index contributed by atoms with van der Waals surface area (Å²) < 4.78 is 18.3. The van der Waals surface area contributed by atoms with Crippen molar-refractivity contribution in [3.8, 4) is 11.8 Å². The summed E-state index contributed by atoms with van der Waals surface area (Å²) in [5.74, 6) is 0.0370. The Morgan fingerprint density at radius 1 is 1.43 bits per heavy atom. The highest BCUT2D eigenvalue weighted by atomic mass is 19.1. The second-order valence-electron chi connectivity index (χ2n) is 3.34. The highest BCUT2D eigenvalue weighted by Gasteiger charge is 2.13. The molecule has 0 fully saturated rings. The monoisotopic (exact) mass is 193 g/mol. The Balaban J connectivity index is 3.37. The van der Waals surface area contributed by atoms with E-state index in [0.717, 1.165) is 0 Å². The van der Waals surface area contributed by atoms with Crippen LogP contribution in [0.4, 0.5) is 4.39 Å². The van der Waals surface area contributed by atoms with Gasteiger partial charge in [-0.2, -0.15) is 5.26 Å². The van der Waals surface area contributed by atoms with Crippen LogP contribution < -0.4 is 4.74 Å². The Hall–Kier alpha value is -1.56. The van der Waals surface area contributed by atoms with E-state index < -0.39 is 5.82 Å². The quantitative estimate of drug-likeness (QED) is 0.723. The molecule has 0 saturated carbocycles. The predicted molar refractivity (Wildman–Crippen MR) is 51.8 cm³/mol. The van der Waals surface area contributed by atoms with Crippen LogP contribution in [0, 0.1) is 17.1 Å². The first-order valence-electron chi connectivity index (χ1n) is 4.37. The van der Waals surface area contributed by atoms with Gasteiger partial charge in [0.25, 0.3) is 0 Å². The lowest BCUT2D eigenvalue weighted by atomic mass is 9.97. The molecule has 14 heavy (non-hydrogen) atoms. The number of benzene rings is 1. The van der Waals surface area contributed by atoms with E-state index in [1.165, 1.54) is 13.2 Å². The Labute approximate surface area is 82.9 Å². The number of nitriles is 1. The van der Waals surface area contributed by atoms with Crippen molar-refractivity contribution < 1.29 is 9.13 Å². The second kappa shape index (κ2) is 4.10. The van der Waals surface area contributed by atoms with Gasteiger partial charge in [-0.1, -0.05) is 13.8 Å². The third kappa shape index (κ3) is 1.85. The van der Waals surface area contributed by atoms with Gasteiger partial charge in [0.15, 0.2) is 0 Å². The van der Waals surface area contributed by atoms with Crippen molar-refractivity contribution in [3.63, 3.8) is 0 Å². The van der Waals surface area contributed by atoms with Crippen molar-refractivity contribution in [3.05, 3.63) is 29.1 Å². The average Bonchev–Trinajstić information content (AvgIpc) is 2.16. The fraction of sp³-hybridized carbons (Fsp3) is 0.364. The molecule has 0 aliphatic rings. The van der Waals surface area contributed by atoms with E-state index in [0.29, 0.717) is 11.3 Å². The third-order valence-electron chi connectivity index (χ3n) is 2.06. The van der Waals surface area contributed by atoms with E-state index in [1.807, 2.05) is 19.9 Å². The van der Waals surface area contributed by atoms with Crippen LogP contribution in [0.25, 0.3) is 0 Å². The SMILES string of the molecule is COc1cc(F)c(C#N)c(C(C)C)c1. The van der Waals surface area contributed by atoms with Gasteiger partial charge in [0.05, 0.1) is 12.7 Å². The summed E-state index contributed by atoms with van der Waals surface area (Å²) in [6.07, 6.45) is 0. The standard InChI is InChI=1S/C11H12FNO/c1-7(2)9-4-8(14-3)5-11(12)10(9)6-13/h4-5,7H,1-3H3. The number of methoxy groups -OCH3 is 1. The van der Waals surface area contributed by atoms with Crippen LogP contribution >= 0.6 is 0 Å². The van der Waals surface area contributed by atoms with Gasteiger partial charge in [0.1, 0.15) is 17.6 Å². The molecule has 1 aromatic carbocycles. The first kappa shape index (κ1) is 10.5. The van der Waals surface area contributed by atoms with Crippen LogP contribution in [0.5, 0.6) is 5.75 Å². The third-order valence-corrected chi connectivity index (χ3v) is 2.06. The van der Waals surface area contributed by atoms with Crippen LogP contribution in [0.2, 0.25) is 0 Å². The molecule has 0 amide bonds. The van der Waals surface area contributed by atoms with E-state index >= 15 is 0 Å². The lowest BCUT2D eigenvalue weighted by Crippen LogP contribution is -1.98. The van der Waals surface area contributed by atoms with Gasteiger partial charge < -0.3 is 4.74 Å². The number of ether oxygens (including phenoxy) is 1. The first-order chi connectivity index (χ1) is 6.60. The Kier molecular flexibility index (Phi) is 3.08. The van der Waals surface area contributed by atoms with Gasteiger partial charge in [-0.05, 0) is 17.5 Å². The van der Waals surface area contributed by atoms with Crippen molar-refractivity contribution in [2.45, 2.75) is 19.8 Å². The highest BCUT2D eigenvalue weighted by molar-refractivity contribution is 5.45. The maximum Gasteiger partial charge on any atom is 0.144 e. The number of halogens is 1. The smallest absolute Gasteiger partial charge is 0.144 e. The zero-order valence-electron chi connectivity index (χ0n) is 8.47. The van der Waals surface area contributed by atoms with Crippen LogP contribution in [0.3, 0.4) is 0 Å². The Morgan fingerprint density at radius 3 is 2.50 bits per heavy atom. The van der Waals surface area contributed by atoms with E-state index in [4.69, 9.17) is 10.00 Å². The largest absolute Gasteiger partial charge is 0.497 e. The number of hydrogen-bond acceptors (Lipinski definition) is 2. The lowest BCUT2D eigenvalue weighted by Gasteiger charge is -2.10. The molecular formula is C11H12FNO. The summed E-state index contributed by atoms with van der Waals surface area (Å²) in [5, 5.41) is 8.78. The second-order valence-corrected chi connectivity index (χ2v) is 3.34. The zero-order chi connectivity index (χ0) is 10.7. The highest BCUT2D eigenvalue weighted by Crippen LogP contribution is 2.26.